The van der Waals surface area contributed by atoms with Crippen LogP contribution in [0.4, 0.5) is 0 Å². The maximum absolute atomic E-state index is 11.9. The van der Waals surface area contributed by atoms with Gasteiger partial charge in [0.15, 0.2) is 0 Å². The molecule has 2 rings (SSSR count). The molecule has 0 radical (unpaired) electrons. The van der Waals surface area contributed by atoms with Crippen molar-refractivity contribution in [2.75, 3.05) is 13.1 Å². The molecule has 0 aromatic heterocycles. The fraction of sp³-hybridized carbons (Fsp3) is 0.529. The Morgan fingerprint density at radius 2 is 1.67 bits per heavy atom. The Bertz CT molecular complexity index is 508. The molecule has 0 atom stereocenters. The Morgan fingerprint density at radius 3 is 2.19 bits per heavy atom. The van der Waals surface area contributed by atoms with Gasteiger partial charge in [0.05, 0.1) is 11.0 Å². The molecule has 21 heavy (non-hydrogen) atoms. The van der Waals surface area contributed by atoms with E-state index in [2.05, 4.69) is 5.32 Å². The number of carbonyl (C=O) groups is 2. The lowest BCUT2D eigenvalue weighted by molar-refractivity contribution is -0.146. The van der Waals surface area contributed by atoms with E-state index >= 15 is 0 Å². The molecule has 114 valence electrons. The number of hydrogen-bond acceptors (Lipinski definition) is 4. The van der Waals surface area contributed by atoms with Crippen molar-refractivity contribution in [3.8, 4) is 0 Å². The molecule has 1 aliphatic rings. The number of hydrogen-bond donors (Lipinski definition) is 1. The highest BCUT2D eigenvalue weighted by Gasteiger charge is 2.26. The van der Waals surface area contributed by atoms with Gasteiger partial charge in [-0.1, -0.05) is 12.1 Å². The third kappa shape index (κ3) is 4.14. The fourth-order valence-electron chi connectivity index (χ4n) is 2.34. The van der Waals surface area contributed by atoms with E-state index in [0.29, 0.717) is 11.5 Å². The number of rotatable bonds is 2. The summed E-state index contributed by atoms with van der Waals surface area (Å²) in [4.78, 5) is 23.6. The smallest absolute Gasteiger partial charge is 0.345 e. The molecule has 4 nitrogen and oxygen atoms in total. The minimum Gasteiger partial charge on any atom is -0.389 e. The standard InChI is InChI=1S/C17H23NO3/c1-17(2,3)16(20)21-15(19)14-6-4-12(5-7-14)13-8-10-18-11-9-13/h4-7,13,18H,8-11H2,1-3H3. The maximum atomic E-state index is 11.9. The first-order valence-corrected chi connectivity index (χ1v) is 7.45. The second kappa shape index (κ2) is 6.39. The molecule has 1 aromatic carbocycles. The van der Waals surface area contributed by atoms with E-state index in [0.717, 1.165) is 25.9 Å². The highest BCUT2D eigenvalue weighted by Crippen LogP contribution is 2.25. The summed E-state index contributed by atoms with van der Waals surface area (Å²) in [7, 11) is 0. The molecule has 1 fully saturated rings. The van der Waals surface area contributed by atoms with Gasteiger partial charge < -0.3 is 10.1 Å². The lowest BCUT2D eigenvalue weighted by Crippen LogP contribution is -2.27. The summed E-state index contributed by atoms with van der Waals surface area (Å²) < 4.78 is 4.90. The third-order valence-electron chi connectivity index (χ3n) is 3.75. The van der Waals surface area contributed by atoms with Crippen molar-refractivity contribution in [2.45, 2.75) is 39.5 Å². The molecule has 1 aliphatic heterocycles. The van der Waals surface area contributed by atoms with Gasteiger partial charge in [0.25, 0.3) is 0 Å². The molecule has 4 heteroatoms. The molecule has 0 spiro atoms. The van der Waals surface area contributed by atoms with E-state index in [1.165, 1.54) is 5.56 Å². The molecule has 1 saturated heterocycles. The van der Waals surface area contributed by atoms with Gasteiger partial charge >= 0.3 is 11.9 Å². The first-order valence-electron chi connectivity index (χ1n) is 7.45. The SMILES string of the molecule is CC(C)(C)C(=O)OC(=O)c1ccc(C2CCNCC2)cc1. The number of benzene rings is 1. The van der Waals surface area contributed by atoms with Crippen LogP contribution in [0.15, 0.2) is 24.3 Å². The molecular weight excluding hydrogens is 266 g/mol. The topological polar surface area (TPSA) is 55.4 Å². The number of carbonyl (C=O) groups excluding carboxylic acids is 2. The molecule has 0 saturated carbocycles. The van der Waals surface area contributed by atoms with Crippen molar-refractivity contribution < 1.29 is 14.3 Å². The molecule has 0 unspecified atom stereocenters. The normalized spacial score (nSPS) is 16.5. The van der Waals surface area contributed by atoms with Gasteiger partial charge in [0.2, 0.25) is 0 Å². The van der Waals surface area contributed by atoms with Gasteiger partial charge in [-0.25, -0.2) is 4.79 Å². The van der Waals surface area contributed by atoms with Crippen LogP contribution in [-0.2, 0) is 9.53 Å². The van der Waals surface area contributed by atoms with Crippen LogP contribution in [0.3, 0.4) is 0 Å². The van der Waals surface area contributed by atoms with Gasteiger partial charge in [-0.2, -0.15) is 0 Å². The maximum Gasteiger partial charge on any atom is 0.345 e. The number of nitrogens with one attached hydrogen (secondary N) is 1. The van der Waals surface area contributed by atoms with Crippen LogP contribution >= 0.6 is 0 Å². The largest absolute Gasteiger partial charge is 0.389 e. The third-order valence-corrected chi connectivity index (χ3v) is 3.75. The van der Waals surface area contributed by atoms with Crippen molar-refractivity contribution in [3.63, 3.8) is 0 Å². The van der Waals surface area contributed by atoms with Crippen LogP contribution in [0, 0.1) is 5.41 Å². The number of ether oxygens (including phenoxy) is 1. The molecule has 0 bridgehead atoms. The second-order valence-electron chi connectivity index (χ2n) is 6.57. The summed E-state index contributed by atoms with van der Waals surface area (Å²) in [5.74, 6) is -0.533. The van der Waals surface area contributed by atoms with Crippen LogP contribution in [0.2, 0.25) is 0 Å². The van der Waals surface area contributed by atoms with E-state index in [1.54, 1.807) is 32.9 Å². The highest BCUT2D eigenvalue weighted by molar-refractivity contribution is 5.98. The Hall–Kier alpha value is -1.68. The van der Waals surface area contributed by atoms with E-state index in [-0.39, 0.29) is 0 Å². The van der Waals surface area contributed by atoms with Gasteiger partial charge in [0, 0.05) is 0 Å². The minimum absolute atomic E-state index is 0.422. The first-order chi connectivity index (χ1) is 9.88. The molecule has 1 heterocycles. The van der Waals surface area contributed by atoms with E-state index in [1.807, 2.05) is 12.1 Å². The Morgan fingerprint density at radius 1 is 1.10 bits per heavy atom. The van der Waals surface area contributed by atoms with Gasteiger partial charge in [-0.3, -0.25) is 4.79 Å². The zero-order valence-electron chi connectivity index (χ0n) is 12.9. The summed E-state index contributed by atoms with van der Waals surface area (Å²) in [5, 5.41) is 3.34. The monoisotopic (exact) mass is 289 g/mol. The number of esters is 2. The molecule has 0 amide bonds. The minimum atomic E-state index is -0.676. The van der Waals surface area contributed by atoms with Gasteiger partial charge in [0.1, 0.15) is 0 Å². The van der Waals surface area contributed by atoms with E-state index in [4.69, 9.17) is 4.74 Å². The fourth-order valence-corrected chi connectivity index (χ4v) is 2.34. The Labute approximate surface area is 125 Å². The van der Waals surface area contributed by atoms with Gasteiger partial charge in [-0.05, 0) is 70.3 Å². The highest BCUT2D eigenvalue weighted by atomic mass is 16.6. The van der Waals surface area contributed by atoms with Crippen LogP contribution in [0.1, 0.15) is 55.5 Å². The Kier molecular flexibility index (Phi) is 4.78. The van der Waals surface area contributed by atoms with Crippen LogP contribution in [-0.4, -0.2) is 25.0 Å². The average molecular weight is 289 g/mol. The quantitative estimate of drug-likeness (QED) is 0.672. The summed E-state index contributed by atoms with van der Waals surface area (Å²) in [6.07, 6.45) is 2.23. The van der Waals surface area contributed by atoms with Crippen molar-refractivity contribution >= 4 is 11.9 Å². The first kappa shape index (κ1) is 15.7. The summed E-state index contributed by atoms with van der Waals surface area (Å²) in [6, 6.07) is 7.42. The zero-order chi connectivity index (χ0) is 15.5. The lowest BCUT2D eigenvalue weighted by atomic mass is 9.90. The van der Waals surface area contributed by atoms with Crippen molar-refractivity contribution in [3.05, 3.63) is 35.4 Å². The van der Waals surface area contributed by atoms with Crippen LogP contribution in [0.25, 0.3) is 0 Å². The molecular formula is C17H23NO3. The van der Waals surface area contributed by atoms with Crippen molar-refractivity contribution in [1.29, 1.82) is 0 Å². The average Bonchev–Trinajstić information content (AvgIpc) is 2.47. The van der Waals surface area contributed by atoms with Crippen molar-refractivity contribution in [1.82, 2.24) is 5.32 Å². The van der Waals surface area contributed by atoms with Gasteiger partial charge in [-0.15, -0.1) is 0 Å². The van der Waals surface area contributed by atoms with Crippen LogP contribution in [0.5, 0.6) is 0 Å². The predicted molar refractivity (Wildman–Crippen MR) is 81.2 cm³/mol. The van der Waals surface area contributed by atoms with E-state index in [9.17, 15) is 9.59 Å². The summed E-state index contributed by atoms with van der Waals surface area (Å²) in [5.41, 5.74) is 0.991. The van der Waals surface area contributed by atoms with Crippen LogP contribution < -0.4 is 5.32 Å². The summed E-state index contributed by atoms with van der Waals surface area (Å²) in [6.45, 7) is 7.25. The molecule has 0 aliphatic carbocycles. The van der Waals surface area contributed by atoms with Crippen molar-refractivity contribution in [2.24, 2.45) is 5.41 Å². The lowest BCUT2D eigenvalue weighted by Gasteiger charge is -2.23. The summed E-state index contributed by atoms with van der Waals surface area (Å²) >= 11 is 0. The second-order valence-corrected chi connectivity index (χ2v) is 6.57. The molecule has 1 N–H and O–H groups in total. The number of piperidine rings is 1. The zero-order valence-corrected chi connectivity index (χ0v) is 12.9. The predicted octanol–water partition coefficient (Wildman–Crippen LogP) is 2.88. The van der Waals surface area contributed by atoms with E-state index < -0.39 is 17.4 Å². The molecule has 1 aromatic rings. The Balaban J connectivity index is 2.01.